The maximum absolute atomic E-state index is 12.2. The molecule has 118 valence electrons. The molecule has 0 saturated heterocycles. The molecule has 0 radical (unpaired) electrons. The first-order valence-electron chi connectivity index (χ1n) is 6.88. The molecule has 0 fully saturated rings. The predicted molar refractivity (Wildman–Crippen MR) is 85.6 cm³/mol. The fraction of sp³-hybridized carbons (Fsp3) is 0.125. The normalized spacial score (nSPS) is 14.0. The third-order valence-electron chi connectivity index (χ3n) is 3.56. The third kappa shape index (κ3) is 2.95. The van der Waals surface area contributed by atoms with Gasteiger partial charge in [0.15, 0.2) is 0 Å². The number of benzene rings is 2. The summed E-state index contributed by atoms with van der Waals surface area (Å²) in [5, 5.41) is 0. The SMILES string of the molecule is CN1C(=O)c2ccc(NS(=O)(=O)Cc3ccccc3)cc2C1=O. The lowest BCUT2D eigenvalue weighted by atomic mass is 10.1. The number of nitrogens with zero attached hydrogens (tertiary/aromatic N) is 1. The Morgan fingerprint density at radius 1 is 0.957 bits per heavy atom. The van der Waals surface area contributed by atoms with Crippen LogP contribution in [0, 0.1) is 0 Å². The molecule has 7 heteroatoms. The lowest BCUT2D eigenvalue weighted by Crippen LogP contribution is -2.24. The molecule has 6 nitrogen and oxygen atoms in total. The summed E-state index contributed by atoms with van der Waals surface area (Å²) in [6.45, 7) is 0. The van der Waals surface area contributed by atoms with Gasteiger partial charge in [0.05, 0.1) is 16.9 Å². The second-order valence-electron chi connectivity index (χ2n) is 5.28. The summed E-state index contributed by atoms with van der Waals surface area (Å²) in [4.78, 5) is 24.8. The van der Waals surface area contributed by atoms with Gasteiger partial charge in [0.1, 0.15) is 0 Å². The second kappa shape index (κ2) is 5.51. The van der Waals surface area contributed by atoms with Crippen molar-refractivity contribution < 1.29 is 18.0 Å². The van der Waals surface area contributed by atoms with Crippen LogP contribution in [-0.2, 0) is 15.8 Å². The van der Waals surface area contributed by atoms with Crippen molar-refractivity contribution in [3.8, 4) is 0 Å². The molecule has 2 aromatic rings. The molecule has 23 heavy (non-hydrogen) atoms. The van der Waals surface area contributed by atoms with E-state index in [1.807, 2.05) is 6.07 Å². The van der Waals surface area contributed by atoms with E-state index in [2.05, 4.69) is 4.72 Å². The average molecular weight is 330 g/mol. The van der Waals surface area contributed by atoms with E-state index in [4.69, 9.17) is 0 Å². The quantitative estimate of drug-likeness (QED) is 0.867. The minimum atomic E-state index is -3.61. The van der Waals surface area contributed by atoms with E-state index < -0.39 is 15.9 Å². The Morgan fingerprint density at radius 2 is 1.61 bits per heavy atom. The Kier molecular flexibility index (Phi) is 3.65. The van der Waals surface area contributed by atoms with Crippen LogP contribution in [0.25, 0.3) is 0 Å². The standard InChI is InChI=1S/C16H14N2O4S/c1-18-15(19)13-8-7-12(9-14(13)16(18)20)17-23(21,22)10-11-5-3-2-4-6-11/h2-9,17H,10H2,1H3. The highest BCUT2D eigenvalue weighted by Gasteiger charge is 2.32. The van der Waals surface area contributed by atoms with Gasteiger partial charge in [-0.15, -0.1) is 0 Å². The Balaban J connectivity index is 1.84. The number of carbonyl (C=O) groups is 2. The zero-order valence-electron chi connectivity index (χ0n) is 12.3. The molecule has 2 amide bonds. The minimum absolute atomic E-state index is 0.169. The van der Waals surface area contributed by atoms with Crippen molar-refractivity contribution in [1.29, 1.82) is 0 Å². The van der Waals surface area contributed by atoms with Crippen LogP contribution in [0.1, 0.15) is 26.3 Å². The molecule has 0 spiro atoms. The van der Waals surface area contributed by atoms with E-state index >= 15 is 0 Å². The van der Waals surface area contributed by atoms with E-state index in [0.717, 1.165) is 4.90 Å². The number of carbonyl (C=O) groups excluding carboxylic acids is 2. The Bertz CT molecular complexity index is 892. The van der Waals surface area contributed by atoms with Crippen LogP contribution in [-0.4, -0.2) is 32.2 Å². The maximum atomic E-state index is 12.2. The molecule has 2 aromatic carbocycles. The molecule has 0 saturated carbocycles. The summed E-state index contributed by atoms with van der Waals surface area (Å²) >= 11 is 0. The second-order valence-corrected chi connectivity index (χ2v) is 7.00. The molecular weight excluding hydrogens is 316 g/mol. The third-order valence-corrected chi connectivity index (χ3v) is 4.82. The summed E-state index contributed by atoms with van der Waals surface area (Å²) in [7, 11) is -2.22. The Morgan fingerprint density at radius 3 is 2.30 bits per heavy atom. The first-order valence-corrected chi connectivity index (χ1v) is 8.53. The number of sulfonamides is 1. The summed E-state index contributed by atoms with van der Waals surface area (Å²) in [5.74, 6) is -0.990. The van der Waals surface area contributed by atoms with Gasteiger partial charge < -0.3 is 0 Å². The highest BCUT2D eigenvalue weighted by molar-refractivity contribution is 7.91. The molecule has 1 aliphatic rings. The van der Waals surface area contributed by atoms with Crippen LogP contribution in [0.3, 0.4) is 0 Å². The van der Waals surface area contributed by atoms with E-state index in [1.54, 1.807) is 24.3 Å². The van der Waals surface area contributed by atoms with Crippen molar-refractivity contribution in [3.63, 3.8) is 0 Å². The van der Waals surface area contributed by atoms with Crippen LogP contribution >= 0.6 is 0 Å². The van der Waals surface area contributed by atoms with Crippen LogP contribution in [0.15, 0.2) is 48.5 Å². The molecule has 0 atom stereocenters. The van der Waals surface area contributed by atoms with Gasteiger partial charge in [-0.2, -0.15) is 0 Å². The highest BCUT2D eigenvalue weighted by Crippen LogP contribution is 2.25. The van der Waals surface area contributed by atoms with Crippen molar-refractivity contribution in [2.24, 2.45) is 0 Å². The van der Waals surface area contributed by atoms with Crippen LogP contribution in [0.4, 0.5) is 5.69 Å². The predicted octanol–water partition coefficient (Wildman–Crippen LogP) is 1.85. The van der Waals surface area contributed by atoms with Gasteiger partial charge in [-0.3, -0.25) is 19.2 Å². The zero-order valence-corrected chi connectivity index (χ0v) is 13.1. The smallest absolute Gasteiger partial charge is 0.261 e. The topological polar surface area (TPSA) is 83.6 Å². The molecule has 1 heterocycles. The first kappa shape index (κ1) is 15.2. The summed E-state index contributed by atoms with van der Waals surface area (Å²) in [6.07, 6.45) is 0. The lowest BCUT2D eigenvalue weighted by molar-refractivity contribution is 0.0693. The minimum Gasteiger partial charge on any atom is -0.283 e. The summed E-state index contributed by atoms with van der Waals surface area (Å²) in [5.41, 5.74) is 1.41. The number of imide groups is 1. The molecule has 0 aromatic heterocycles. The van der Waals surface area contributed by atoms with Gasteiger partial charge in [0.2, 0.25) is 10.0 Å². The number of hydrogen-bond donors (Lipinski definition) is 1. The van der Waals surface area contributed by atoms with Crippen LogP contribution < -0.4 is 4.72 Å². The van der Waals surface area contributed by atoms with E-state index in [-0.39, 0.29) is 28.5 Å². The van der Waals surface area contributed by atoms with Gasteiger partial charge in [-0.25, -0.2) is 8.42 Å². The summed E-state index contributed by atoms with van der Waals surface area (Å²) < 4.78 is 26.8. The number of hydrogen-bond acceptors (Lipinski definition) is 4. The fourth-order valence-electron chi connectivity index (χ4n) is 2.43. The summed E-state index contributed by atoms with van der Waals surface area (Å²) in [6, 6.07) is 13.1. The zero-order chi connectivity index (χ0) is 16.6. The fourth-order valence-corrected chi connectivity index (χ4v) is 3.62. The van der Waals surface area contributed by atoms with Gasteiger partial charge in [-0.05, 0) is 23.8 Å². The number of rotatable bonds is 4. The molecule has 0 unspecified atom stereocenters. The average Bonchev–Trinajstić information content (AvgIpc) is 2.72. The molecular formula is C16H14N2O4S. The molecule has 0 aliphatic carbocycles. The number of fused-ring (bicyclic) bond motifs is 1. The maximum Gasteiger partial charge on any atom is 0.261 e. The van der Waals surface area contributed by atoms with Gasteiger partial charge in [0.25, 0.3) is 11.8 Å². The van der Waals surface area contributed by atoms with Gasteiger partial charge in [0, 0.05) is 12.7 Å². The first-order chi connectivity index (χ1) is 10.9. The molecule has 0 bridgehead atoms. The van der Waals surface area contributed by atoms with Crippen LogP contribution in [0.2, 0.25) is 0 Å². The number of amides is 2. The van der Waals surface area contributed by atoms with E-state index in [1.165, 1.54) is 25.2 Å². The Labute approximate surface area is 133 Å². The molecule has 1 aliphatic heterocycles. The van der Waals surface area contributed by atoms with E-state index in [0.29, 0.717) is 5.56 Å². The van der Waals surface area contributed by atoms with Gasteiger partial charge >= 0.3 is 0 Å². The van der Waals surface area contributed by atoms with Crippen LogP contribution in [0.5, 0.6) is 0 Å². The largest absolute Gasteiger partial charge is 0.283 e. The Hall–Kier alpha value is -2.67. The number of anilines is 1. The van der Waals surface area contributed by atoms with Crippen molar-refractivity contribution in [2.75, 3.05) is 11.8 Å². The molecule has 1 N–H and O–H groups in total. The van der Waals surface area contributed by atoms with Crippen molar-refractivity contribution >= 4 is 27.5 Å². The van der Waals surface area contributed by atoms with E-state index in [9.17, 15) is 18.0 Å². The number of nitrogens with one attached hydrogen (secondary N) is 1. The van der Waals surface area contributed by atoms with Crippen molar-refractivity contribution in [2.45, 2.75) is 5.75 Å². The monoisotopic (exact) mass is 330 g/mol. The van der Waals surface area contributed by atoms with Crippen molar-refractivity contribution in [1.82, 2.24) is 4.90 Å². The van der Waals surface area contributed by atoms with Gasteiger partial charge in [-0.1, -0.05) is 30.3 Å². The highest BCUT2D eigenvalue weighted by atomic mass is 32.2. The van der Waals surface area contributed by atoms with Crippen molar-refractivity contribution in [3.05, 3.63) is 65.2 Å². The molecule has 3 rings (SSSR count). The lowest BCUT2D eigenvalue weighted by Gasteiger charge is -2.09.